The van der Waals surface area contributed by atoms with Crippen LogP contribution in [-0.2, 0) is 17.8 Å². The molecule has 0 aliphatic rings. The van der Waals surface area contributed by atoms with Gasteiger partial charge in [-0.15, -0.1) is 11.3 Å². The summed E-state index contributed by atoms with van der Waals surface area (Å²) in [5, 5.41) is 10.6. The van der Waals surface area contributed by atoms with E-state index in [1.54, 1.807) is 18.4 Å². The zero-order valence-electron chi connectivity index (χ0n) is 15.6. The molecule has 2 aromatic rings. The molecule has 2 rings (SSSR count). The van der Waals surface area contributed by atoms with Crippen molar-refractivity contribution in [2.45, 2.75) is 39.7 Å². The van der Waals surface area contributed by atoms with Crippen molar-refractivity contribution in [3.05, 3.63) is 45.9 Å². The van der Waals surface area contributed by atoms with Gasteiger partial charge < -0.3 is 16.0 Å². The lowest BCUT2D eigenvalue weighted by molar-refractivity contribution is -0.116. The fraction of sp³-hybridized carbons (Fsp3) is 0.421. The van der Waals surface area contributed by atoms with Gasteiger partial charge in [0.15, 0.2) is 5.96 Å². The highest BCUT2D eigenvalue weighted by Crippen LogP contribution is 2.11. The molecule has 0 unspecified atom stereocenters. The molecule has 1 aromatic carbocycles. The second-order valence-corrected chi connectivity index (χ2v) is 7.28. The molecule has 0 spiro atoms. The third-order valence-corrected chi connectivity index (χ3v) is 4.67. The smallest absolute Gasteiger partial charge is 0.224 e. The van der Waals surface area contributed by atoms with Crippen LogP contribution < -0.4 is 16.0 Å². The Balaban J connectivity index is 1.74. The van der Waals surface area contributed by atoms with Crippen LogP contribution >= 0.6 is 11.3 Å². The van der Waals surface area contributed by atoms with Gasteiger partial charge in [-0.05, 0) is 31.0 Å². The molecule has 0 fully saturated rings. The third kappa shape index (κ3) is 6.84. The molecule has 1 heterocycles. The van der Waals surface area contributed by atoms with Crippen LogP contribution in [0, 0.1) is 6.92 Å². The monoisotopic (exact) mass is 373 g/mol. The Morgan fingerprint density at radius 2 is 2.00 bits per heavy atom. The topological polar surface area (TPSA) is 78.4 Å². The number of anilines is 1. The maximum Gasteiger partial charge on any atom is 0.224 e. The number of thiazole rings is 1. The van der Waals surface area contributed by atoms with Crippen molar-refractivity contribution in [3.63, 3.8) is 0 Å². The Hall–Kier alpha value is -2.41. The molecule has 140 valence electrons. The second kappa shape index (κ2) is 10.6. The molecule has 3 N–H and O–H groups in total. The number of nitrogens with one attached hydrogen (secondary N) is 3. The maximum absolute atomic E-state index is 11.6. The van der Waals surface area contributed by atoms with Gasteiger partial charge in [0, 0.05) is 49.7 Å². The number of benzene rings is 1. The van der Waals surface area contributed by atoms with Gasteiger partial charge in [0.2, 0.25) is 5.91 Å². The summed E-state index contributed by atoms with van der Waals surface area (Å²) < 4.78 is 0. The normalized spacial score (nSPS) is 11.3. The highest BCUT2D eigenvalue weighted by molar-refractivity contribution is 7.11. The molecule has 6 nitrogen and oxygen atoms in total. The van der Waals surface area contributed by atoms with Crippen LogP contribution in [0.2, 0.25) is 0 Å². The molecule has 1 aromatic heterocycles. The number of carbonyl (C=O) groups is 1. The molecule has 0 aliphatic heterocycles. The molecule has 7 heteroatoms. The van der Waals surface area contributed by atoms with E-state index in [0.29, 0.717) is 13.0 Å². The largest absolute Gasteiger partial charge is 0.356 e. The molecule has 0 atom stereocenters. The predicted molar refractivity (Wildman–Crippen MR) is 109 cm³/mol. The molecule has 0 aliphatic carbocycles. The van der Waals surface area contributed by atoms with Gasteiger partial charge in [0.1, 0.15) is 0 Å². The minimum absolute atomic E-state index is 0.0541. The lowest BCUT2D eigenvalue weighted by Crippen LogP contribution is -2.37. The molecule has 0 saturated heterocycles. The van der Waals surface area contributed by atoms with E-state index in [1.807, 2.05) is 37.4 Å². The Labute approximate surface area is 159 Å². The highest BCUT2D eigenvalue weighted by atomic mass is 32.1. The first kappa shape index (κ1) is 19.9. The Kier molecular flexibility index (Phi) is 8.08. The zero-order chi connectivity index (χ0) is 18.8. The maximum atomic E-state index is 11.6. The first-order valence-corrected chi connectivity index (χ1v) is 9.67. The fourth-order valence-corrected chi connectivity index (χ4v) is 3.15. The number of aryl methyl sites for hydroxylation is 1. The van der Waals surface area contributed by atoms with Crippen LogP contribution in [0.1, 0.15) is 35.2 Å². The minimum atomic E-state index is 0.0541. The summed E-state index contributed by atoms with van der Waals surface area (Å²) in [4.78, 5) is 21.4. The van der Waals surface area contributed by atoms with E-state index in [9.17, 15) is 4.79 Å². The van der Waals surface area contributed by atoms with E-state index in [4.69, 9.17) is 0 Å². The Bertz CT molecular complexity index is 724. The highest BCUT2D eigenvalue weighted by Gasteiger charge is 2.03. The summed E-state index contributed by atoms with van der Waals surface area (Å²) >= 11 is 1.72. The third-order valence-electron chi connectivity index (χ3n) is 3.70. The Morgan fingerprint density at radius 3 is 2.62 bits per heavy atom. The standard InChI is InChI=1S/C19H27N5OS/c1-4-5-17(25)24-16-8-6-15(7-9-16)13-23-19(20-3)21-11-10-18-22-12-14(2)26-18/h6-9,12H,4-5,10-11,13H2,1-3H3,(H,24,25)(H2,20,21,23). The number of aliphatic imine (C=N–C) groups is 1. The number of guanidine groups is 1. The lowest BCUT2D eigenvalue weighted by atomic mass is 10.2. The van der Waals surface area contributed by atoms with Crippen LogP contribution in [-0.4, -0.2) is 30.4 Å². The molecule has 0 saturated carbocycles. The number of hydrogen-bond donors (Lipinski definition) is 3. The second-order valence-electron chi connectivity index (χ2n) is 5.96. The van der Waals surface area contributed by atoms with Crippen molar-refractivity contribution in [3.8, 4) is 0 Å². The number of hydrogen-bond acceptors (Lipinski definition) is 4. The minimum Gasteiger partial charge on any atom is -0.356 e. The number of carbonyl (C=O) groups excluding carboxylic acids is 1. The van der Waals surface area contributed by atoms with Crippen LogP contribution in [0.3, 0.4) is 0 Å². The van der Waals surface area contributed by atoms with Crippen LogP contribution in [0.15, 0.2) is 35.5 Å². The van der Waals surface area contributed by atoms with E-state index in [1.165, 1.54) is 4.88 Å². The predicted octanol–water partition coefficient (Wildman–Crippen LogP) is 3.10. The van der Waals surface area contributed by atoms with E-state index in [-0.39, 0.29) is 5.91 Å². The van der Waals surface area contributed by atoms with Crippen molar-refractivity contribution < 1.29 is 4.79 Å². The van der Waals surface area contributed by atoms with Gasteiger partial charge in [-0.25, -0.2) is 4.98 Å². The van der Waals surface area contributed by atoms with Gasteiger partial charge in [0.05, 0.1) is 5.01 Å². The van der Waals surface area contributed by atoms with Crippen LogP contribution in [0.25, 0.3) is 0 Å². The van der Waals surface area contributed by atoms with E-state index in [0.717, 1.165) is 41.6 Å². The average Bonchev–Trinajstić information content (AvgIpc) is 3.04. The quantitative estimate of drug-likeness (QED) is 0.491. The average molecular weight is 374 g/mol. The Morgan fingerprint density at radius 1 is 1.23 bits per heavy atom. The first-order valence-electron chi connectivity index (χ1n) is 8.85. The van der Waals surface area contributed by atoms with Crippen LogP contribution in [0.4, 0.5) is 5.69 Å². The van der Waals surface area contributed by atoms with Crippen molar-refractivity contribution in [1.82, 2.24) is 15.6 Å². The van der Waals surface area contributed by atoms with Gasteiger partial charge in [-0.1, -0.05) is 19.1 Å². The molecular formula is C19H27N5OS. The summed E-state index contributed by atoms with van der Waals surface area (Å²) in [6.07, 6.45) is 4.18. The molecular weight excluding hydrogens is 346 g/mol. The van der Waals surface area contributed by atoms with Gasteiger partial charge in [-0.3, -0.25) is 9.79 Å². The van der Waals surface area contributed by atoms with Gasteiger partial charge in [0.25, 0.3) is 0 Å². The van der Waals surface area contributed by atoms with Crippen molar-refractivity contribution >= 4 is 28.9 Å². The fourth-order valence-electron chi connectivity index (χ4n) is 2.37. The lowest BCUT2D eigenvalue weighted by Gasteiger charge is -2.12. The number of nitrogens with zero attached hydrogens (tertiary/aromatic N) is 2. The van der Waals surface area contributed by atoms with E-state index < -0.39 is 0 Å². The van der Waals surface area contributed by atoms with Crippen molar-refractivity contribution in [2.75, 3.05) is 18.9 Å². The number of rotatable bonds is 8. The van der Waals surface area contributed by atoms with Crippen LogP contribution in [0.5, 0.6) is 0 Å². The van der Waals surface area contributed by atoms with E-state index in [2.05, 4.69) is 32.9 Å². The molecule has 0 radical (unpaired) electrons. The van der Waals surface area contributed by atoms with Crippen molar-refractivity contribution in [2.24, 2.45) is 4.99 Å². The van der Waals surface area contributed by atoms with Gasteiger partial charge >= 0.3 is 0 Å². The molecule has 1 amide bonds. The molecule has 26 heavy (non-hydrogen) atoms. The first-order chi connectivity index (χ1) is 12.6. The summed E-state index contributed by atoms with van der Waals surface area (Å²) in [6, 6.07) is 7.84. The SMILES string of the molecule is CCCC(=O)Nc1ccc(CNC(=NC)NCCc2ncc(C)s2)cc1. The summed E-state index contributed by atoms with van der Waals surface area (Å²) in [5.41, 5.74) is 1.95. The van der Waals surface area contributed by atoms with E-state index >= 15 is 0 Å². The van der Waals surface area contributed by atoms with Gasteiger partial charge in [-0.2, -0.15) is 0 Å². The number of amides is 1. The van der Waals surface area contributed by atoms with Crippen molar-refractivity contribution in [1.29, 1.82) is 0 Å². The summed E-state index contributed by atoms with van der Waals surface area (Å²) in [6.45, 7) is 5.51. The zero-order valence-corrected chi connectivity index (χ0v) is 16.4. The number of aromatic nitrogens is 1. The summed E-state index contributed by atoms with van der Waals surface area (Å²) in [5.74, 6) is 0.817. The summed E-state index contributed by atoms with van der Waals surface area (Å²) in [7, 11) is 1.76. The molecule has 0 bridgehead atoms.